The molecule has 0 aliphatic carbocycles. The molecule has 1 aliphatic rings. The van der Waals surface area contributed by atoms with Gasteiger partial charge in [0.25, 0.3) is 29.5 Å². The third kappa shape index (κ3) is 8.54. The Morgan fingerprint density at radius 3 is 2.02 bits per heavy atom. The number of nitrogens with zero attached hydrogens (tertiary/aromatic N) is 5. The summed E-state index contributed by atoms with van der Waals surface area (Å²) in [4.78, 5) is 101. The molecular weight excluding hydrogens is 791 g/mol. The third-order valence-electron chi connectivity index (χ3n) is 8.88. The smallest absolute Gasteiger partial charge is 0.274 e. The number of carbonyl (C=O) groups is 6. The van der Waals surface area contributed by atoms with Gasteiger partial charge in [-0.2, -0.15) is 0 Å². The van der Waals surface area contributed by atoms with E-state index in [0.717, 1.165) is 11.3 Å². The summed E-state index contributed by atoms with van der Waals surface area (Å²) in [5.41, 5.74) is 5.54. The highest BCUT2D eigenvalue weighted by Crippen LogP contribution is 2.35. The van der Waals surface area contributed by atoms with E-state index in [9.17, 15) is 28.8 Å². The molecule has 0 spiro atoms. The van der Waals surface area contributed by atoms with Crippen molar-refractivity contribution in [3.8, 4) is 22.0 Å². The van der Waals surface area contributed by atoms with E-state index in [1.807, 2.05) is 0 Å². The molecule has 0 fully saturated rings. The predicted molar refractivity (Wildman–Crippen MR) is 209 cm³/mol. The van der Waals surface area contributed by atoms with Crippen LogP contribution in [0.3, 0.4) is 0 Å². The first-order chi connectivity index (χ1) is 27.4. The molecule has 5 aromatic rings. The lowest BCUT2D eigenvalue weighted by Gasteiger charge is -2.22. The second-order valence-corrected chi connectivity index (χ2v) is 15.5. The van der Waals surface area contributed by atoms with Gasteiger partial charge in [-0.1, -0.05) is 20.4 Å². The first-order valence-electron chi connectivity index (χ1n) is 17.8. The third-order valence-corrected chi connectivity index (χ3v) is 10.8. The van der Waals surface area contributed by atoms with Crippen LogP contribution in [0.5, 0.6) is 0 Å². The molecule has 7 N–H and O–H groups in total. The highest BCUT2D eigenvalue weighted by molar-refractivity contribution is 7.13. The Morgan fingerprint density at radius 2 is 1.34 bits per heavy atom. The zero-order valence-corrected chi connectivity index (χ0v) is 33.9. The number of rotatable bonds is 4. The zero-order valence-electron chi connectivity index (χ0n) is 32.3. The van der Waals surface area contributed by atoms with Gasteiger partial charge in [0, 0.05) is 16.3 Å². The number of aryl methyl sites for hydroxylation is 2. The molecule has 6 heterocycles. The molecule has 4 atom stereocenters. The Bertz CT molecular complexity index is 2480. The van der Waals surface area contributed by atoms with E-state index >= 15 is 0 Å². The predicted octanol–water partition coefficient (Wildman–Crippen LogP) is 3.58. The minimum atomic E-state index is -1.01. The highest BCUT2D eigenvalue weighted by atomic mass is 32.1. The number of aromatic nitrogens is 5. The van der Waals surface area contributed by atoms with Crippen molar-refractivity contribution in [2.75, 3.05) is 0 Å². The van der Waals surface area contributed by atoms with E-state index in [-0.39, 0.29) is 69.1 Å². The SMILES string of the molecule is C=C(NC(=O)c1ccc2c(n1)-c1nc(oc1C)C(C)NC(=O)c1csc(n1)C(C)NC(=O)c1nc(oc1C)C(C)NC(=O)C(C(C)C)NC(=O)c1csc-2n1)C(N)=O. The van der Waals surface area contributed by atoms with Gasteiger partial charge in [0.2, 0.25) is 17.7 Å². The molecule has 6 rings (SSSR count). The number of nitrogens with two attached hydrogens (primary N) is 1. The first kappa shape index (κ1) is 41.0. The number of hydrogen-bond acceptors (Lipinski definition) is 15. The molecular formula is C37H39N11O8S2. The maximum Gasteiger partial charge on any atom is 0.274 e. The van der Waals surface area contributed by atoms with Gasteiger partial charge in [-0.3, -0.25) is 28.8 Å². The average molecular weight is 830 g/mol. The minimum Gasteiger partial charge on any atom is -0.443 e. The van der Waals surface area contributed by atoms with Crippen LogP contribution in [0.4, 0.5) is 0 Å². The van der Waals surface area contributed by atoms with Crippen LogP contribution in [0.15, 0.2) is 44.0 Å². The van der Waals surface area contributed by atoms with E-state index in [2.05, 4.69) is 58.1 Å². The molecule has 302 valence electrons. The Labute approximate surface area is 338 Å². The van der Waals surface area contributed by atoms with Crippen molar-refractivity contribution >= 4 is 58.1 Å². The summed E-state index contributed by atoms with van der Waals surface area (Å²) in [6.45, 7) is 15.2. The zero-order chi connectivity index (χ0) is 42.2. The number of thiazole rings is 2. The lowest BCUT2D eigenvalue weighted by molar-refractivity contribution is -0.124. The van der Waals surface area contributed by atoms with E-state index < -0.39 is 59.6 Å². The summed E-state index contributed by atoms with van der Waals surface area (Å²) in [5.74, 6) is -3.70. The van der Waals surface area contributed by atoms with Gasteiger partial charge in [-0.15, -0.1) is 22.7 Å². The van der Waals surface area contributed by atoms with Crippen LogP contribution in [0.2, 0.25) is 0 Å². The summed E-state index contributed by atoms with van der Waals surface area (Å²) in [6, 6.07) is -0.285. The quantitative estimate of drug-likeness (QED) is 0.142. The van der Waals surface area contributed by atoms with Gasteiger partial charge < -0.3 is 41.2 Å². The van der Waals surface area contributed by atoms with Crippen LogP contribution in [0.25, 0.3) is 22.0 Å². The molecule has 4 unspecified atom stereocenters. The molecule has 0 saturated carbocycles. The Morgan fingerprint density at radius 1 is 0.759 bits per heavy atom. The summed E-state index contributed by atoms with van der Waals surface area (Å²) >= 11 is 2.26. The number of hydrogen-bond donors (Lipinski definition) is 6. The van der Waals surface area contributed by atoms with Crippen LogP contribution < -0.4 is 32.3 Å². The molecule has 0 saturated heterocycles. The summed E-state index contributed by atoms with van der Waals surface area (Å²) in [6.07, 6.45) is 0. The number of amides is 6. The normalized spacial score (nSPS) is 19.0. The molecule has 19 nitrogen and oxygen atoms in total. The van der Waals surface area contributed by atoms with Crippen molar-refractivity contribution in [3.63, 3.8) is 0 Å². The Kier molecular flexibility index (Phi) is 11.7. The summed E-state index contributed by atoms with van der Waals surface area (Å²) in [5, 5.41) is 17.3. The largest absolute Gasteiger partial charge is 0.443 e. The van der Waals surface area contributed by atoms with Crippen molar-refractivity contribution < 1.29 is 37.6 Å². The number of nitrogens with one attached hydrogen (secondary N) is 5. The van der Waals surface area contributed by atoms with Gasteiger partial charge in [-0.05, 0) is 52.7 Å². The minimum absolute atomic E-state index is 0.00615. The van der Waals surface area contributed by atoms with Crippen LogP contribution in [0, 0.1) is 19.8 Å². The Hall–Kier alpha value is -6.61. The molecule has 21 heteroatoms. The fraction of sp³-hybridized carbons (Fsp3) is 0.324. The van der Waals surface area contributed by atoms with Crippen molar-refractivity contribution in [1.29, 1.82) is 0 Å². The van der Waals surface area contributed by atoms with E-state index in [0.29, 0.717) is 15.6 Å². The molecule has 0 radical (unpaired) electrons. The molecule has 58 heavy (non-hydrogen) atoms. The topological polar surface area (TPSA) is 279 Å². The van der Waals surface area contributed by atoms with Gasteiger partial charge in [0.15, 0.2) is 5.69 Å². The van der Waals surface area contributed by atoms with Crippen LogP contribution in [0.1, 0.15) is 123 Å². The monoisotopic (exact) mass is 829 g/mol. The molecule has 5 aromatic heterocycles. The number of primary amides is 1. The van der Waals surface area contributed by atoms with Crippen LogP contribution in [-0.4, -0.2) is 66.4 Å². The van der Waals surface area contributed by atoms with E-state index in [1.165, 1.54) is 22.8 Å². The number of pyridine rings is 1. The van der Waals surface area contributed by atoms with Gasteiger partial charge in [0.1, 0.15) is 68.1 Å². The first-order valence-corrected chi connectivity index (χ1v) is 19.6. The van der Waals surface area contributed by atoms with Gasteiger partial charge in [0.05, 0.1) is 11.7 Å². The fourth-order valence-electron chi connectivity index (χ4n) is 5.70. The molecule has 6 amide bonds. The second kappa shape index (κ2) is 16.5. The number of oxazole rings is 2. The van der Waals surface area contributed by atoms with Crippen molar-refractivity contribution in [2.45, 2.75) is 72.6 Å². The molecule has 0 aromatic carbocycles. The van der Waals surface area contributed by atoms with Gasteiger partial charge >= 0.3 is 0 Å². The fourth-order valence-corrected chi connectivity index (χ4v) is 7.33. The maximum absolute atomic E-state index is 13.6. The van der Waals surface area contributed by atoms with Crippen LogP contribution in [-0.2, 0) is 9.59 Å². The highest BCUT2D eigenvalue weighted by Gasteiger charge is 2.31. The lowest BCUT2D eigenvalue weighted by atomic mass is 10.0. The van der Waals surface area contributed by atoms with Crippen molar-refractivity contribution in [2.24, 2.45) is 11.7 Å². The maximum atomic E-state index is 13.6. The second-order valence-electron chi connectivity index (χ2n) is 13.7. The van der Waals surface area contributed by atoms with Gasteiger partial charge in [-0.25, -0.2) is 24.9 Å². The van der Waals surface area contributed by atoms with E-state index in [4.69, 9.17) is 14.6 Å². The summed E-state index contributed by atoms with van der Waals surface area (Å²) < 4.78 is 11.8. The number of fused-ring (bicyclic) bond motifs is 11. The van der Waals surface area contributed by atoms with Crippen LogP contribution >= 0.6 is 22.7 Å². The van der Waals surface area contributed by atoms with E-state index in [1.54, 1.807) is 59.9 Å². The number of carbonyl (C=O) groups excluding carboxylic acids is 6. The molecule has 8 bridgehead atoms. The van der Waals surface area contributed by atoms with Crippen molar-refractivity contribution in [3.05, 3.63) is 86.3 Å². The average Bonchev–Trinajstić information content (AvgIpc) is 3.99. The lowest BCUT2D eigenvalue weighted by Crippen LogP contribution is -2.50. The van der Waals surface area contributed by atoms with Crippen molar-refractivity contribution in [1.82, 2.24) is 51.5 Å². The standard InChI is InChI=1S/C37H39N11O8S2/c1-13(2)24-32(53)41-16(5)35-48-26(19(8)56-35)33(54)42-17(6)36-44-22(11-57-36)30(51)40-15(4)34-47-25(18(7)55-34)27-20(37-45-23(12-58-37)31(52)46-24)9-10-21(43-27)29(50)39-14(3)28(38)49/h9-13,15-17,24H,3H2,1-2,4-8H3,(H2,38,49)(H,39,50)(H,40,51)(H,41,53)(H,42,54)(H,46,52). The summed E-state index contributed by atoms with van der Waals surface area (Å²) in [7, 11) is 0. The molecule has 1 aliphatic heterocycles. The Balaban J connectivity index is 1.42.